The van der Waals surface area contributed by atoms with Crippen LogP contribution in [0.4, 0.5) is 0 Å². The van der Waals surface area contributed by atoms with Gasteiger partial charge in [0.2, 0.25) is 5.91 Å². The highest BCUT2D eigenvalue weighted by Gasteiger charge is 2.32. The Bertz CT molecular complexity index is 582. The van der Waals surface area contributed by atoms with E-state index in [-0.39, 0.29) is 11.8 Å². The Kier molecular flexibility index (Phi) is 5.89. The van der Waals surface area contributed by atoms with E-state index in [0.29, 0.717) is 12.0 Å². The molecule has 24 heavy (non-hydrogen) atoms. The SMILES string of the molecule is COc1c(C)cnc(CNC(=O)C2CCC(C(C)(C)C)CC2)c1C. The van der Waals surface area contributed by atoms with Crippen LogP contribution in [0.25, 0.3) is 0 Å². The molecule has 1 aromatic rings. The van der Waals surface area contributed by atoms with E-state index in [0.717, 1.165) is 54.2 Å². The van der Waals surface area contributed by atoms with Crippen molar-refractivity contribution in [1.82, 2.24) is 10.3 Å². The van der Waals surface area contributed by atoms with Crippen LogP contribution in [-0.2, 0) is 11.3 Å². The van der Waals surface area contributed by atoms with Gasteiger partial charge in [-0.25, -0.2) is 0 Å². The highest BCUT2D eigenvalue weighted by Crippen LogP contribution is 2.39. The summed E-state index contributed by atoms with van der Waals surface area (Å²) in [6, 6.07) is 0. The van der Waals surface area contributed by atoms with Crippen molar-refractivity contribution in [2.45, 2.75) is 66.8 Å². The third-order valence-corrected chi connectivity index (χ3v) is 5.50. The van der Waals surface area contributed by atoms with E-state index in [1.807, 2.05) is 20.0 Å². The van der Waals surface area contributed by atoms with E-state index >= 15 is 0 Å². The number of aromatic nitrogens is 1. The van der Waals surface area contributed by atoms with Crippen LogP contribution < -0.4 is 10.1 Å². The molecule has 1 fully saturated rings. The molecule has 1 amide bonds. The van der Waals surface area contributed by atoms with E-state index in [1.54, 1.807) is 7.11 Å². The average molecular weight is 332 g/mol. The number of ether oxygens (including phenoxy) is 1. The molecule has 0 spiro atoms. The van der Waals surface area contributed by atoms with Crippen LogP contribution >= 0.6 is 0 Å². The normalized spacial score (nSPS) is 21.4. The third kappa shape index (κ3) is 4.28. The summed E-state index contributed by atoms with van der Waals surface area (Å²) in [7, 11) is 1.67. The van der Waals surface area contributed by atoms with Crippen molar-refractivity contribution in [3.63, 3.8) is 0 Å². The predicted molar refractivity (Wildman–Crippen MR) is 97.0 cm³/mol. The molecule has 0 unspecified atom stereocenters. The van der Waals surface area contributed by atoms with Crippen molar-refractivity contribution in [1.29, 1.82) is 0 Å². The standard InChI is InChI=1S/C20H32N2O2/c1-13-11-21-17(14(2)18(13)24-6)12-22-19(23)15-7-9-16(10-8-15)20(3,4)5/h11,15-16H,7-10,12H2,1-6H3,(H,22,23). The van der Waals surface area contributed by atoms with Crippen LogP contribution in [0, 0.1) is 31.1 Å². The molecule has 4 nitrogen and oxygen atoms in total. The fraction of sp³-hybridized carbons (Fsp3) is 0.700. The summed E-state index contributed by atoms with van der Waals surface area (Å²) in [6.07, 6.45) is 6.10. The van der Waals surface area contributed by atoms with Gasteiger partial charge in [0.25, 0.3) is 0 Å². The molecule has 2 rings (SSSR count). The average Bonchev–Trinajstić information content (AvgIpc) is 2.53. The van der Waals surface area contributed by atoms with E-state index in [9.17, 15) is 4.79 Å². The number of hydrogen-bond donors (Lipinski definition) is 1. The maximum absolute atomic E-state index is 12.5. The van der Waals surface area contributed by atoms with Crippen molar-refractivity contribution < 1.29 is 9.53 Å². The molecular weight excluding hydrogens is 300 g/mol. The number of pyridine rings is 1. The number of nitrogens with one attached hydrogen (secondary N) is 1. The smallest absolute Gasteiger partial charge is 0.223 e. The highest BCUT2D eigenvalue weighted by atomic mass is 16.5. The number of aryl methyl sites for hydroxylation is 1. The molecule has 0 saturated heterocycles. The zero-order chi connectivity index (χ0) is 17.9. The Morgan fingerprint density at radius 1 is 1.25 bits per heavy atom. The van der Waals surface area contributed by atoms with Gasteiger partial charge in [0, 0.05) is 23.2 Å². The van der Waals surface area contributed by atoms with Crippen molar-refractivity contribution in [2.75, 3.05) is 7.11 Å². The van der Waals surface area contributed by atoms with Crippen molar-refractivity contribution >= 4 is 5.91 Å². The number of carbonyl (C=O) groups excluding carboxylic acids is 1. The molecule has 1 heterocycles. The Morgan fingerprint density at radius 3 is 2.42 bits per heavy atom. The van der Waals surface area contributed by atoms with Gasteiger partial charge in [0.15, 0.2) is 0 Å². The lowest BCUT2D eigenvalue weighted by molar-refractivity contribution is -0.126. The van der Waals surface area contributed by atoms with Crippen LogP contribution in [0.15, 0.2) is 6.20 Å². The topological polar surface area (TPSA) is 51.2 Å². The van der Waals surface area contributed by atoms with E-state index in [4.69, 9.17) is 4.74 Å². The molecule has 1 aromatic heterocycles. The molecule has 0 radical (unpaired) electrons. The number of rotatable bonds is 4. The van der Waals surface area contributed by atoms with Crippen molar-refractivity contribution in [3.8, 4) is 5.75 Å². The first-order chi connectivity index (χ1) is 11.2. The van der Waals surface area contributed by atoms with Crippen LogP contribution in [-0.4, -0.2) is 18.0 Å². The zero-order valence-corrected chi connectivity index (χ0v) is 16.0. The second-order valence-corrected chi connectivity index (χ2v) is 8.18. The summed E-state index contributed by atoms with van der Waals surface area (Å²) >= 11 is 0. The lowest BCUT2D eigenvalue weighted by Crippen LogP contribution is -2.35. The fourth-order valence-electron chi connectivity index (χ4n) is 3.79. The second-order valence-electron chi connectivity index (χ2n) is 8.18. The van der Waals surface area contributed by atoms with Crippen LogP contribution in [0.2, 0.25) is 0 Å². The van der Waals surface area contributed by atoms with E-state index < -0.39 is 0 Å². The minimum atomic E-state index is 0.149. The lowest BCUT2D eigenvalue weighted by Gasteiger charge is -2.36. The molecule has 4 heteroatoms. The largest absolute Gasteiger partial charge is 0.496 e. The molecule has 1 N–H and O–H groups in total. The molecule has 0 bridgehead atoms. The summed E-state index contributed by atoms with van der Waals surface area (Å²) in [5.41, 5.74) is 3.26. The van der Waals surface area contributed by atoms with Crippen LogP contribution in [0.1, 0.15) is 63.3 Å². The van der Waals surface area contributed by atoms with Gasteiger partial charge in [-0.3, -0.25) is 9.78 Å². The molecular formula is C20H32N2O2. The lowest BCUT2D eigenvalue weighted by atomic mass is 9.69. The van der Waals surface area contributed by atoms with Crippen LogP contribution in [0.5, 0.6) is 5.75 Å². The van der Waals surface area contributed by atoms with Gasteiger partial charge in [-0.2, -0.15) is 0 Å². The monoisotopic (exact) mass is 332 g/mol. The first kappa shape index (κ1) is 18.8. The first-order valence-corrected chi connectivity index (χ1v) is 9.00. The van der Waals surface area contributed by atoms with Gasteiger partial charge in [0.1, 0.15) is 5.75 Å². The Hall–Kier alpha value is -1.58. The molecule has 1 saturated carbocycles. The Balaban J connectivity index is 1.91. The summed E-state index contributed by atoms with van der Waals surface area (Å²) in [5, 5.41) is 3.08. The van der Waals surface area contributed by atoms with Crippen LogP contribution in [0.3, 0.4) is 0 Å². The maximum Gasteiger partial charge on any atom is 0.223 e. The zero-order valence-electron chi connectivity index (χ0n) is 16.0. The minimum Gasteiger partial charge on any atom is -0.496 e. The summed E-state index contributed by atoms with van der Waals surface area (Å²) in [5.74, 6) is 1.91. The minimum absolute atomic E-state index is 0.149. The van der Waals surface area contributed by atoms with Gasteiger partial charge in [-0.05, 0) is 50.9 Å². The van der Waals surface area contributed by atoms with E-state index in [2.05, 4.69) is 31.1 Å². The number of amides is 1. The van der Waals surface area contributed by atoms with Gasteiger partial charge < -0.3 is 10.1 Å². The third-order valence-electron chi connectivity index (χ3n) is 5.50. The molecule has 0 atom stereocenters. The highest BCUT2D eigenvalue weighted by molar-refractivity contribution is 5.78. The van der Waals surface area contributed by atoms with Gasteiger partial charge in [0.05, 0.1) is 19.3 Å². The molecule has 0 aromatic carbocycles. The number of methoxy groups -OCH3 is 1. The van der Waals surface area contributed by atoms with E-state index in [1.165, 1.54) is 0 Å². The molecule has 0 aliphatic heterocycles. The Labute approximate surface area is 146 Å². The molecule has 1 aliphatic rings. The van der Waals surface area contributed by atoms with Gasteiger partial charge in [-0.15, -0.1) is 0 Å². The van der Waals surface area contributed by atoms with Gasteiger partial charge >= 0.3 is 0 Å². The van der Waals surface area contributed by atoms with Crippen molar-refractivity contribution in [2.24, 2.45) is 17.3 Å². The molecule has 134 valence electrons. The summed E-state index contributed by atoms with van der Waals surface area (Å²) in [6.45, 7) is 11.4. The second kappa shape index (κ2) is 7.54. The summed E-state index contributed by atoms with van der Waals surface area (Å²) < 4.78 is 5.43. The Morgan fingerprint density at radius 2 is 1.88 bits per heavy atom. The van der Waals surface area contributed by atoms with Gasteiger partial charge in [-0.1, -0.05) is 20.8 Å². The number of hydrogen-bond acceptors (Lipinski definition) is 3. The number of nitrogens with zero attached hydrogens (tertiary/aromatic N) is 1. The predicted octanol–water partition coefficient (Wildman–Crippen LogP) is 4.18. The maximum atomic E-state index is 12.5. The fourth-order valence-corrected chi connectivity index (χ4v) is 3.79. The first-order valence-electron chi connectivity index (χ1n) is 9.00. The molecule has 1 aliphatic carbocycles. The quantitative estimate of drug-likeness (QED) is 0.900. The number of carbonyl (C=O) groups is 1. The summed E-state index contributed by atoms with van der Waals surface area (Å²) in [4.78, 5) is 16.9. The van der Waals surface area contributed by atoms with Crippen molar-refractivity contribution in [3.05, 3.63) is 23.0 Å².